The lowest BCUT2D eigenvalue weighted by molar-refractivity contribution is -0.119. The van der Waals surface area contributed by atoms with Crippen molar-refractivity contribution in [2.24, 2.45) is 0 Å². The van der Waals surface area contributed by atoms with E-state index in [4.69, 9.17) is 23.2 Å². The highest BCUT2D eigenvalue weighted by molar-refractivity contribution is 6.32. The summed E-state index contributed by atoms with van der Waals surface area (Å²) < 4.78 is 0. The standard InChI is InChI=1S/C26H28ClN5.C14H13ClN2O.C12H15N3/c27-20-17-19-3-2-9-29-26(19)25(18-20)31-11-7-21(8-12-31)30-13-15-32(16-14-30)24-5-1-4-23-22(24)6-10-28-23;15-11-8-10-2-1-5-16-14(10)13(9-11)17-6-3-12(18)4-7-17;1-2-11-10(4-5-14-11)12(3-1)15-8-6-13-7-9-15/h1-6,9-10,17-18,21,28H,7-8,11-16H2;1-2,5,8-9H,3-4,6-7H2;1-5,13-14H,6-9H2. The number of piperidine rings is 2. The fourth-order valence-electron chi connectivity index (χ4n) is 10.1. The van der Waals surface area contributed by atoms with E-state index >= 15 is 0 Å². The maximum atomic E-state index is 11.3. The van der Waals surface area contributed by atoms with Crippen LogP contribution in [-0.4, -0.2) is 115 Å². The Morgan fingerprint density at radius 1 is 0.508 bits per heavy atom. The van der Waals surface area contributed by atoms with Crippen LogP contribution in [0.5, 0.6) is 0 Å². The van der Waals surface area contributed by atoms with E-state index in [9.17, 15) is 4.79 Å². The Balaban J connectivity index is 0.000000127. The van der Waals surface area contributed by atoms with Crippen molar-refractivity contribution in [2.75, 3.05) is 98.1 Å². The molecule has 8 aromatic rings. The molecule has 4 aliphatic heterocycles. The van der Waals surface area contributed by atoms with Crippen LogP contribution >= 0.6 is 23.2 Å². The van der Waals surface area contributed by atoms with Crippen molar-refractivity contribution < 1.29 is 4.79 Å². The second kappa shape index (κ2) is 19.7. The molecule has 334 valence electrons. The zero-order valence-electron chi connectivity index (χ0n) is 36.7. The Kier molecular flexibility index (Phi) is 13.1. The summed E-state index contributed by atoms with van der Waals surface area (Å²) in [5.74, 6) is 0.338. The molecule has 0 radical (unpaired) electrons. The van der Waals surface area contributed by atoms with E-state index in [1.165, 1.54) is 51.7 Å². The van der Waals surface area contributed by atoms with Crippen molar-refractivity contribution >= 4 is 95.3 Å². The molecule has 13 heteroatoms. The van der Waals surface area contributed by atoms with Crippen LogP contribution < -0.4 is 24.9 Å². The Morgan fingerprint density at radius 2 is 1.00 bits per heavy atom. The Morgan fingerprint density at radius 3 is 1.54 bits per heavy atom. The van der Waals surface area contributed by atoms with Gasteiger partial charge in [-0.25, -0.2) is 0 Å². The lowest BCUT2D eigenvalue weighted by Crippen LogP contribution is -2.53. The molecule has 0 atom stereocenters. The molecule has 65 heavy (non-hydrogen) atoms. The highest BCUT2D eigenvalue weighted by Crippen LogP contribution is 2.34. The average Bonchev–Trinajstić information content (AvgIpc) is 4.06. The number of ketones is 1. The monoisotopic (exact) mass is 906 g/mol. The van der Waals surface area contributed by atoms with Gasteiger partial charge in [-0.1, -0.05) is 47.5 Å². The van der Waals surface area contributed by atoms with Crippen molar-refractivity contribution in [3.8, 4) is 0 Å². The van der Waals surface area contributed by atoms with E-state index in [1.807, 2.05) is 55.0 Å². The first-order valence-electron chi connectivity index (χ1n) is 23.1. The quantitative estimate of drug-likeness (QED) is 0.156. The van der Waals surface area contributed by atoms with Crippen LogP contribution in [0.3, 0.4) is 0 Å². The van der Waals surface area contributed by atoms with E-state index < -0.39 is 0 Å². The van der Waals surface area contributed by atoms with Gasteiger partial charge >= 0.3 is 0 Å². The van der Waals surface area contributed by atoms with Crippen LogP contribution in [-0.2, 0) is 4.79 Å². The van der Waals surface area contributed by atoms with Crippen LogP contribution in [0.25, 0.3) is 43.6 Å². The molecule has 4 aromatic carbocycles. The molecule has 11 nitrogen and oxygen atoms in total. The summed E-state index contributed by atoms with van der Waals surface area (Å²) in [5.41, 5.74) is 9.39. The third-order valence-corrected chi connectivity index (χ3v) is 14.0. The van der Waals surface area contributed by atoms with Gasteiger partial charge in [0.15, 0.2) is 0 Å². The zero-order chi connectivity index (χ0) is 44.1. The minimum atomic E-state index is 0.338. The van der Waals surface area contributed by atoms with Gasteiger partial charge in [0.05, 0.1) is 22.4 Å². The highest BCUT2D eigenvalue weighted by atomic mass is 35.5. The zero-order valence-corrected chi connectivity index (χ0v) is 38.2. The van der Waals surface area contributed by atoms with Crippen molar-refractivity contribution in [3.63, 3.8) is 0 Å². The van der Waals surface area contributed by atoms with Gasteiger partial charge in [0.1, 0.15) is 5.78 Å². The molecule has 0 bridgehead atoms. The van der Waals surface area contributed by atoms with Crippen LogP contribution in [0.2, 0.25) is 10.0 Å². The van der Waals surface area contributed by atoms with E-state index in [-0.39, 0.29) is 0 Å². The number of pyridine rings is 2. The van der Waals surface area contributed by atoms with Gasteiger partial charge in [-0.3, -0.25) is 19.7 Å². The number of anilines is 4. The lowest BCUT2D eigenvalue weighted by Gasteiger charge is -2.44. The minimum Gasteiger partial charge on any atom is -0.370 e. The van der Waals surface area contributed by atoms with Crippen LogP contribution in [0.15, 0.2) is 122 Å². The molecule has 4 aliphatic rings. The fraction of sp³-hybridized carbons (Fsp3) is 0.327. The Bertz CT molecular complexity index is 2880. The number of halogens is 2. The fourth-order valence-corrected chi connectivity index (χ4v) is 10.6. The number of piperazine rings is 2. The Hall–Kier alpha value is -5.85. The summed E-state index contributed by atoms with van der Waals surface area (Å²) in [7, 11) is 0. The molecule has 0 amide bonds. The van der Waals surface area contributed by atoms with Gasteiger partial charge in [-0.15, -0.1) is 0 Å². The molecule has 0 saturated carbocycles. The number of nitrogens with one attached hydrogen (secondary N) is 3. The SMILES string of the molecule is Clc1cc(N2CCC(N3CCN(c4cccc5[nH]ccc45)CC3)CC2)c2ncccc2c1.O=C1CCN(c2cc(Cl)cc3cccnc23)CC1.c1cc(N2CCNCC2)c2cc[nH]c2c1. The second-order valence-electron chi connectivity index (χ2n) is 17.4. The number of carbonyl (C=O) groups is 1. The number of hydrogen-bond acceptors (Lipinski definition) is 9. The number of fused-ring (bicyclic) bond motifs is 4. The summed E-state index contributed by atoms with van der Waals surface area (Å²) >= 11 is 12.6. The van der Waals surface area contributed by atoms with E-state index in [0.29, 0.717) is 29.7 Å². The number of Topliss-reactive ketones (excluding diaryl/α,β-unsaturated/α-hetero) is 1. The number of benzene rings is 4. The first-order valence-corrected chi connectivity index (χ1v) is 23.9. The molecule has 3 N–H and O–H groups in total. The van der Waals surface area contributed by atoms with Gasteiger partial charge in [0.2, 0.25) is 0 Å². The predicted octanol–water partition coefficient (Wildman–Crippen LogP) is 9.80. The second-order valence-corrected chi connectivity index (χ2v) is 18.3. The third kappa shape index (κ3) is 9.61. The predicted molar refractivity (Wildman–Crippen MR) is 271 cm³/mol. The first kappa shape index (κ1) is 43.1. The number of H-pyrrole nitrogens is 2. The van der Waals surface area contributed by atoms with E-state index in [2.05, 4.69) is 110 Å². The van der Waals surface area contributed by atoms with Crippen molar-refractivity contribution in [1.29, 1.82) is 0 Å². The largest absolute Gasteiger partial charge is 0.370 e. The Labute approximate surface area is 390 Å². The number of hydrogen-bond donors (Lipinski definition) is 3. The summed E-state index contributed by atoms with van der Waals surface area (Å²) in [6, 6.07) is 34.0. The van der Waals surface area contributed by atoms with Gasteiger partial charge < -0.3 is 34.9 Å². The third-order valence-electron chi connectivity index (χ3n) is 13.5. The summed E-state index contributed by atoms with van der Waals surface area (Å²) in [6.45, 7) is 12.4. The molecule has 4 aromatic heterocycles. The van der Waals surface area contributed by atoms with E-state index in [1.54, 1.807) is 6.20 Å². The maximum absolute atomic E-state index is 11.3. The van der Waals surface area contributed by atoms with Gasteiger partial charge in [0.25, 0.3) is 0 Å². The molecule has 0 spiro atoms. The van der Waals surface area contributed by atoms with Crippen molar-refractivity contribution in [1.82, 2.24) is 30.2 Å². The number of rotatable bonds is 5. The average molecular weight is 908 g/mol. The molecular formula is C52H56Cl2N10O. The number of nitrogens with zero attached hydrogens (tertiary/aromatic N) is 7. The highest BCUT2D eigenvalue weighted by Gasteiger charge is 2.29. The summed E-state index contributed by atoms with van der Waals surface area (Å²) in [6.07, 6.45) is 11.3. The molecule has 0 aliphatic carbocycles. The molecule has 8 heterocycles. The summed E-state index contributed by atoms with van der Waals surface area (Å²) in [5, 5.41) is 9.69. The van der Waals surface area contributed by atoms with Crippen molar-refractivity contribution in [2.45, 2.75) is 31.7 Å². The number of carbonyl (C=O) groups excluding carboxylic acids is 1. The smallest absolute Gasteiger partial charge is 0.136 e. The van der Waals surface area contributed by atoms with Crippen LogP contribution in [0, 0.1) is 0 Å². The topological polar surface area (TPSA) is 103 Å². The molecule has 0 unspecified atom stereocenters. The van der Waals surface area contributed by atoms with Crippen molar-refractivity contribution in [3.05, 3.63) is 132 Å². The molecule has 4 fully saturated rings. The molecular weight excluding hydrogens is 852 g/mol. The normalized spacial score (nSPS) is 17.7. The van der Waals surface area contributed by atoms with Gasteiger partial charge in [-0.05, 0) is 85.6 Å². The van der Waals surface area contributed by atoms with Gasteiger partial charge in [0, 0.05) is 176 Å². The van der Waals surface area contributed by atoms with Crippen LogP contribution in [0.4, 0.5) is 22.7 Å². The maximum Gasteiger partial charge on any atom is 0.136 e. The molecule has 12 rings (SSSR count). The number of aromatic amines is 2. The summed E-state index contributed by atoms with van der Waals surface area (Å²) in [4.78, 5) is 39.3. The number of aromatic nitrogens is 4. The molecule has 4 saturated heterocycles. The first-order chi connectivity index (χ1) is 31.9. The van der Waals surface area contributed by atoms with E-state index in [0.717, 1.165) is 111 Å². The van der Waals surface area contributed by atoms with Gasteiger partial charge in [-0.2, -0.15) is 0 Å². The lowest BCUT2D eigenvalue weighted by atomic mass is 10.0. The van der Waals surface area contributed by atoms with Crippen LogP contribution in [0.1, 0.15) is 25.7 Å². The minimum absolute atomic E-state index is 0.338.